The molecule has 0 amide bonds. The van der Waals surface area contributed by atoms with Crippen molar-refractivity contribution >= 4 is 11.0 Å². The molecule has 1 fully saturated rings. The topological polar surface area (TPSA) is 41.5 Å². The van der Waals surface area contributed by atoms with Crippen LogP contribution in [0.4, 0.5) is 0 Å². The molecule has 2 aromatic carbocycles. The van der Waals surface area contributed by atoms with E-state index < -0.39 is 0 Å². The predicted octanol–water partition coefficient (Wildman–Crippen LogP) is 3.44. The van der Waals surface area contributed by atoms with Crippen molar-refractivity contribution in [3.05, 3.63) is 54.2 Å². The number of hydrogen-bond acceptors (Lipinski definition) is 5. The summed E-state index contributed by atoms with van der Waals surface area (Å²) in [6.45, 7) is 7.73. The molecule has 1 saturated heterocycles. The van der Waals surface area contributed by atoms with Gasteiger partial charge in [-0.05, 0) is 38.2 Å². The third-order valence-electron chi connectivity index (χ3n) is 5.05. The average molecular weight is 362 g/mol. The summed E-state index contributed by atoms with van der Waals surface area (Å²) in [5, 5.41) is 0. The molecule has 0 unspecified atom stereocenters. The van der Waals surface area contributed by atoms with E-state index in [0.29, 0.717) is 6.61 Å². The fourth-order valence-electron chi connectivity index (χ4n) is 3.52. The number of rotatable bonds is 5. The Morgan fingerprint density at radius 3 is 2.30 bits per heavy atom. The van der Waals surface area contributed by atoms with Crippen LogP contribution < -0.4 is 4.74 Å². The van der Waals surface area contributed by atoms with Crippen LogP contribution in [-0.4, -0.2) is 59.6 Å². The molecule has 140 valence electrons. The minimum atomic E-state index is 0.631. The molecule has 3 aromatic rings. The van der Waals surface area contributed by atoms with Gasteiger partial charge in [-0.3, -0.25) is 4.90 Å². The maximum atomic E-state index is 5.87. The number of aromatic nitrogens is 2. The molecule has 2 heterocycles. The van der Waals surface area contributed by atoms with Crippen molar-refractivity contribution in [1.29, 1.82) is 0 Å². The molecular weight excluding hydrogens is 336 g/mol. The number of para-hydroxylation sites is 3. The van der Waals surface area contributed by atoms with E-state index >= 15 is 0 Å². The molecule has 0 saturated carbocycles. The van der Waals surface area contributed by atoms with Gasteiger partial charge in [-0.1, -0.05) is 24.3 Å². The molecule has 4 rings (SSSR count). The van der Waals surface area contributed by atoms with E-state index in [1.54, 1.807) is 0 Å². The Morgan fingerprint density at radius 1 is 0.889 bits per heavy atom. The number of fused-ring (bicyclic) bond motifs is 1. The highest BCUT2D eigenvalue weighted by molar-refractivity contribution is 5.80. The van der Waals surface area contributed by atoms with E-state index in [1.165, 1.54) is 0 Å². The molecule has 5 nitrogen and oxygen atoms in total. The maximum Gasteiger partial charge on any atom is 0.128 e. The highest BCUT2D eigenvalue weighted by Crippen LogP contribution is 2.32. The molecule has 0 bridgehead atoms. The normalized spacial score (nSPS) is 15.9. The van der Waals surface area contributed by atoms with Gasteiger partial charge in [0.1, 0.15) is 5.75 Å². The zero-order chi connectivity index (χ0) is 18.6. The molecule has 0 N–H and O–H groups in total. The van der Waals surface area contributed by atoms with Gasteiger partial charge in [0.25, 0.3) is 0 Å². The lowest BCUT2D eigenvalue weighted by Gasteiger charge is -2.32. The van der Waals surface area contributed by atoms with Crippen molar-refractivity contribution in [2.24, 2.45) is 0 Å². The molecule has 27 heavy (non-hydrogen) atoms. The molecule has 1 aromatic heterocycles. The van der Waals surface area contributed by atoms with Crippen molar-refractivity contribution in [1.82, 2.24) is 19.8 Å². The third-order valence-corrected chi connectivity index (χ3v) is 5.05. The summed E-state index contributed by atoms with van der Waals surface area (Å²) in [5.41, 5.74) is 4.82. The van der Waals surface area contributed by atoms with Gasteiger partial charge in [-0.2, -0.15) is 0 Å². The number of ether oxygens (including phenoxy) is 1. The summed E-state index contributed by atoms with van der Waals surface area (Å²) in [7, 11) is 2.18. The monoisotopic (exact) mass is 362 g/mol. The van der Waals surface area contributed by atoms with E-state index in [2.05, 4.69) is 22.9 Å². The second-order valence-electron chi connectivity index (χ2n) is 7.02. The maximum absolute atomic E-state index is 5.87. The Labute approximate surface area is 160 Å². The van der Waals surface area contributed by atoms with E-state index in [1.807, 2.05) is 49.4 Å². The van der Waals surface area contributed by atoms with Gasteiger partial charge in [0.15, 0.2) is 0 Å². The number of benzene rings is 2. The van der Waals surface area contributed by atoms with Crippen LogP contribution in [0.2, 0.25) is 0 Å². The minimum absolute atomic E-state index is 0.631. The molecule has 0 aliphatic carbocycles. The smallest absolute Gasteiger partial charge is 0.128 e. The van der Waals surface area contributed by atoms with Crippen molar-refractivity contribution in [2.45, 2.75) is 13.5 Å². The summed E-state index contributed by atoms with van der Waals surface area (Å²) in [6, 6.07) is 16.2. The SMILES string of the molecule is CCOc1ccccc1-c1nc2ccccc2nc1CN1CCN(C)CC1. The Morgan fingerprint density at radius 2 is 1.56 bits per heavy atom. The number of nitrogens with zero attached hydrogens (tertiary/aromatic N) is 4. The quantitative estimate of drug-likeness (QED) is 0.695. The third kappa shape index (κ3) is 3.94. The van der Waals surface area contributed by atoms with Crippen LogP contribution >= 0.6 is 0 Å². The molecule has 0 radical (unpaired) electrons. The summed E-state index contributed by atoms with van der Waals surface area (Å²) >= 11 is 0. The first-order chi connectivity index (χ1) is 13.2. The molecule has 1 aliphatic rings. The van der Waals surface area contributed by atoms with Gasteiger partial charge in [-0.15, -0.1) is 0 Å². The Bertz CT molecular complexity index is 919. The highest BCUT2D eigenvalue weighted by Gasteiger charge is 2.20. The van der Waals surface area contributed by atoms with Crippen molar-refractivity contribution in [2.75, 3.05) is 39.8 Å². The standard InChI is InChI=1S/C22H26N4O/c1-3-27-21-11-7-4-8-17(21)22-20(16-26-14-12-25(2)13-15-26)23-18-9-5-6-10-19(18)24-22/h4-11H,3,12-16H2,1-2H3. The molecule has 1 aliphatic heterocycles. The first kappa shape index (κ1) is 17.9. The van der Waals surface area contributed by atoms with Gasteiger partial charge < -0.3 is 9.64 Å². The van der Waals surface area contributed by atoms with E-state index in [4.69, 9.17) is 14.7 Å². The summed E-state index contributed by atoms with van der Waals surface area (Å²) in [5.74, 6) is 0.865. The number of likely N-dealkylation sites (N-methyl/N-ethyl adjacent to an activating group) is 1. The second-order valence-corrected chi connectivity index (χ2v) is 7.02. The fourth-order valence-corrected chi connectivity index (χ4v) is 3.52. The van der Waals surface area contributed by atoms with Crippen LogP contribution in [-0.2, 0) is 6.54 Å². The highest BCUT2D eigenvalue weighted by atomic mass is 16.5. The van der Waals surface area contributed by atoms with Gasteiger partial charge in [-0.25, -0.2) is 9.97 Å². The van der Waals surface area contributed by atoms with Crippen molar-refractivity contribution in [3.63, 3.8) is 0 Å². The molecule has 5 heteroatoms. The van der Waals surface area contributed by atoms with Gasteiger partial charge >= 0.3 is 0 Å². The molecule has 0 spiro atoms. The van der Waals surface area contributed by atoms with Crippen LogP contribution in [0.15, 0.2) is 48.5 Å². The van der Waals surface area contributed by atoms with Crippen LogP contribution in [0.5, 0.6) is 5.75 Å². The Kier molecular flexibility index (Phi) is 5.32. The van der Waals surface area contributed by atoms with Crippen molar-refractivity contribution in [3.8, 4) is 17.0 Å². The minimum Gasteiger partial charge on any atom is -0.493 e. The van der Waals surface area contributed by atoms with Gasteiger partial charge in [0.2, 0.25) is 0 Å². The summed E-state index contributed by atoms with van der Waals surface area (Å²) in [4.78, 5) is 14.8. The zero-order valence-corrected chi connectivity index (χ0v) is 16.1. The number of piperazine rings is 1. The van der Waals surface area contributed by atoms with E-state index in [0.717, 1.165) is 66.5 Å². The molecular formula is C22H26N4O. The van der Waals surface area contributed by atoms with Crippen LogP contribution in [0.1, 0.15) is 12.6 Å². The van der Waals surface area contributed by atoms with Gasteiger partial charge in [0, 0.05) is 38.3 Å². The Hall–Kier alpha value is -2.50. The first-order valence-electron chi connectivity index (χ1n) is 9.63. The lowest BCUT2D eigenvalue weighted by atomic mass is 10.1. The largest absolute Gasteiger partial charge is 0.493 e. The number of hydrogen-bond donors (Lipinski definition) is 0. The van der Waals surface area contributed by atoms with Crippen LogP contribution in [0.25, 0.3) is 22.3 Å². The zero-order valence-electron chi connectivity index (χ0n) is 16.1. The van der Waals surface area contributed by atoms with Crippen LogP contribution in [0.3, 0.4) is 0 Å². The average Bonchev–Trinajstić information content (AvgIpc) is 2.70. The fraction of sp³-hybridized carbons (Fsp3) is 0.364. The van der Waals surface area contributed by atoms with Gasteiger partial charge in [0.05, 0.1) is 29.0 Å². The predicted molar refractivity (Wildman–Crippen MR) is 109 cm³/mol. The second kappa shape index (κ2) is 8.03. The van der Waals surface area contributed by atoms with E-state index in [9.17, 15) is 0 Å². The summed E-state index contributed by atoms with van der Waals surface area (Å²) < 4.78 is 5.87. The van der Waals surface area contributed by atoms with Crippen molar-refractivity contribution < 1.29 is 4.74 Å². The van der Waals surface area contributed by atoms with E-state index in [-0.39, 0.29) is 0 Å². The Balaban J connectivity index is 1.78. The summed E-state index contributed by atoms with van der Waals surface area (Å²) in [6.07, 6.45) is 0. The lowest BCUT2D eigenvalue weighted by molar-refractivity contribution is 0.147. The lowest BCUT2D eigenvalue weighted by Crippen LogP contribution is -2.44. The van der Waals surface area contributed by atoms with Crippen LogP contribution in [0, 0.1) is 0 Å². The molecule has 0 atom stereocenters. The first-order valence-corrected chi connectivity index (χ1v) is 9.63.